The number of anilines is 1. The summed E-state index contributed by atoms with van der Waals surface area (Å²) < 4.78 is 19.8. The summed E-state index contributed by atoms with van der Waals surface area (Å²) in [6.07, 6.45) is 0.155. The highest BCUT2D eigenvalue weighted by Crippen LogP contribution is 2.20. The summed E-state index contributed by atoms with van der Waals surface area (Å²) in [6, 6.07) is 10.4. The Balaban J connectivity index is 1.85. The number of hydrogen-bond donors (Lipinski definition) is 1. The molecule has 0 radical (unpaired) electrons. The molecule has 5 heteroatoms. The lowest BCUT2D eigenvalue weighted by Crippen LogP contribution is -2.16. The molecule has 0 atom stereocenters. The number of halogens is 2. The van der Waals surface area contributed by atoms with Crippen LogP contribution in [0.2, 0.25) is 0 Å². The highest BCUT2D eigenvalue weighted by atomic mass is 79.9. The van der Waals surface area contributed by atoms with Crippen LogP contribution in [-0.2, 0) is 4.79 Å². The van der Waals surface area contributed by atoms with Crippen LogP contribution in [0.25, 0.3) is 0 Å². The molecule has 0 heterocycles. The molecule has 0 saturated heterocycles. The van der Waals surface area contributed by atoms with Crippen molar-refractivity contribution in [1.29, 1.82) is 0 Å². The van der Waals surface area contributed by atoms with Crippen LogP contribution >= 0.6 is 15.9 Å². The second-order valence-electron chi connectivity index (χ2n) is 5.09. The van der Waals surface area contributed by atoms with Gasteiger partial charge < -0.3 is 10.1 Å². The third kappa shape index (κ3) is 4.84. The van der Waals surface area contributed by atoms with Gasteiger partial charge in [0, 0.05) is 4.47 Å². The third-order valence-electron chi connectivity index (χ3n) is 3.00. The molecule has 0 fully saturated rings. The number of carbonyl (C=O) groups excluding carboxylic acids is 1. The van der Waals surface area contributed by atoms with Crippen molar-refractivity contribution in [2.24, 2.45) is 0 Å². The minimum absolute atomic E-state index is 0.155. The molecule has 2 rings (SSSR count). The number of ether oxygens (including phenoxy) is 1. The SMILES string of the molecule is Cc1cc(C)cc(OCCC(=O)Nc2ccc(Br)cc2F)c1. The molecular weight excluding hydrogens is 349 g/mol. The molecular formula is C17H17BrFNO2. The second-order valence-corrected chi connectivity index (χ2v) is 6.01. The number of carbonyl (C=O) groups is 1. The summed E-state index contributed by atoms with van der Waals surface area (Å²) in [4.78, 5) is 11.8. The lowest BCUT2D eigenvalue weighted by Gasteiger charge is -2.09. The zero-order valence-corrected chi connectivity index (χ0v) is 14.0. The second kappa shape index (κ2) is 7.40. The lowest BCUT2D eigenvalue weighted by molar-refractivity contribution is -0.116. The maximum absolute atomic E-state index is 13.6. The molecule has 0 aliphatic carbocycles. The van der Waals surface area contributed by atoms with Crippen molar-refractivity contribution in [3.63, 3.8) is 0 Å². The Hall–Kier alpha value is -1.88. The van der Waals surface area contributed by atoms with Crippen molar-refractivity contribution in [2.75, 3.05) is 11.9 Å². The Morgan fingerprint density at radius 1 is 1.18 bits per heavy atom. The average molecular weight is 366 g/mol. The number of hydrogen-bond acceptors (Lipinski definition) is 2. The van der Waals surface area contributed by atoms with Crippen LogP contribution in [-0.4, -0.2) is 12.5 Å². The van der Waals surface area contributed by atoms with Gasteiger partial charge in [0.05, 0.1) is 18.7 Å². The minimum atomic E-state index is -0.474. The monoisotopic (exact) mass is 365 g/mol. The Morgan fingerprint density at radius 3 is 2.50 bits per heavy atom. The summed E-state index contributed by atoms with van der Waals surface area (Å²) in [5.41, 5.74) is 2.38. The smallest absolute Gasteiger partial charge is 0.227 e. The van der Waals surface area contributed by atoms with Gasteiger partial charge in [0.15, 0.2) is 0 Å². The molecule has 0 saturated carbocycles. The highest BCUT2D eigenvalue weighted by Gasteiger charge is 2.08. The van der Waals surface area contributed by atoms with Gasteiger partial charge in [0.2, 0.25) is 5.91 Å². The molecule has 2 aromatic rings. The molecule has 0 aromatic heterocycles. The maximum Gasteiger partial charge on any atom is 0.227 e. The van der Waals surface area contributed by atoms with Gasteiger partial charge in [0.25, 0.3) is 0 Å². The van der Waals surface area contributed by atoms with Gasteiger partial charge in [-0.05, 0) is 55.3 Å². The van der Waals surface area contributed by atoms with E-state index in [1.165, 1.54) is 12.1 Å². The van der Waals surface area contributed by atoms with E-state index in [4.69, 9.17) is 4.74 Å². The summed E-state index contributed by atoms with van der Waals surface area (Å²) in [7, 11) is 0. The van der Waals surface area contributed by atoms with Gasteiger partial charge in [-0.1, -0.05) is 22.0 Å². The Bertz CT molecular complexity index is 668. The number of rotatable bonds is 5. The number of nitrogens with one attached hydrogen (secondary N) is 1. The molecule has 0 aliphatic rings. The average Bonchev–Trinajstić information content (AvgIpc) is 2.41. The van der Waals surface area contributed by atoms with Crippen molar-refractivity contribution in [2.45, 2.75) is 20.3 Å². The molecule has 1 N–H and O–H groups in total. The summed E-state index contributed by atoms with van der Waals surface area (Å²) >= 11 is 3.17. The van der Waals surface area contributed by atoms with Gasteiger partial charge in [-0.2, -0.15) is 0 Å². The summed E-state index contributed by atoms with van der Waals surface area (Å²) in [6.45, 7) is 4.22. The first-order valence-corrected chi connectivity index (χ1v) is 7.69. The zero-order valence-electron chi connectivity index (χ0n) is 12.5. The third-order valence-corrected chi connectivity index (χ3v) is 3.49. The first-order valence-electron chi connectivity index (χ1n) is 6.90. The van der Waals surface area contributed by atoms with E-state index in [1.807, 2.05) is 26.0 Å². The molecule has 2 aromatic carbocycles. The van der Waals surface area contributed by atoms with Crippen molar-refractivity contribution in [1.82, 2.24) is 0 Å². The van der Waals surface area contributed by atoms with Crippen molar-refractivity contribution >= 4 is 27.5 Å². The van der Waals surface area contributed by atoms with Gasteiger partial charge in [-0.25, -0.2) is 4.39 Å². The number of aryl methyl sites for hydroxylation is 2. The van der Waals surface area contributed by atoms with Crippen LogP contribution in [0.1, 0.15) is 17.5 Å². The van der Waals surface area contributed by atoms with Crippen LogP contribution in [0.5, 0.6) is 5.75 Å². The molecule has 3 nitrogen and oxygen atoms in total. The van der Waals surface area contributed by atoms with Crippen molar-refractivity contribution in [3.8, 4) is 5.75 Å². The van der Waals surface area contributed by atoms with E-state index < -0.39 is 5.82 Å². The van der Waals surface area contributed by atoms with E-state index in [-0.39, 0.29) is 24.6 Å². The van der Waals surface area contributed by atoms with Gasteiger partial charge >= 0.3 is 0 Å². The first-order chi connectivity index (χ1) is 10.4. The normalized spacial score (nSPS) is 10.4. The number of amides is 1. The molecule has 0 aliphatic heterocycles. The van der Waals surface area contributed by atoms with E-state index in [9.17, 15) is 9.18 Å². The quantitative estimate of drug-likeness (QED) is 0.839. The molecule has 0 spiro atoms. The first kappa shape index (κ1) is 16.5. The fourth-order valence-corrected chi connectivity index (χ4v) is 2.41. The summed E-state index contributed by atoms with van der Waals surface area (Å²) in [5.74, 6) is -0.0244. The van der Waals surface area contributed by atoms with Crippen LogP contribution < -0.4 is 10.1 Å². The fraction of sp³-hybridized carbons (Fsp3) is 0.235. The van der Waals surface area contributed by atoms with Crippen molar-refractivity contribution < 1.29 is 13.9 Å². The fourth-order valence-electron chi connectivity index (χ4n) is 2.08. The van der Waals surface area contributed by atoms with Gasteiger partial charge in [0.1, 0.15) is 11.6 Å². The van der Waals surface area contributed by atoms with Crippen LogP contribution in [0.15, 0.2) is 40.9 Å². The standard InChI is InChI=1S/C17H17BrFNO2/c1-11-7-12(2)9-14(8-11)22-6-5-17(21)20-16-4-3-13(18)10-15(16)19/h3-4,7-10H,5-6H2,1-2H3,(H,20,21). The molecule has 0 unspecified atom stereocenters. The molecule has 116 valence electrons. The van der Waals surface area contributed by atoms with Crippen LogP contribution in [0.4, 0.5) is 10.1 Å². The topological polar surface area (TPSA) is 38.3 Å². The predicted molar refractivity (Wildman–Crippen MR) is 88.8 cm³/mol. The van der Waals surface area contributed by atoms with E-state index in [0.717, 1.165) is 16.9 Å². The van der Waals surface area contributed by atoms with Crippen LogP contribution in [0, 0.1) is 19.7 Å². The minimum Gasteiger partial charge on any atom is -0.493 e. The van der Waals surface area contributed by atoms with Gasteiger partial charge in [-0.3, -0.25) is 4.79 Å². The highest BCUT2D eigenvalue weighted by molar-refractivity contribution is 9.10. The Morgan fingerprint density at radius 2 is 1.86 bits per heavy atom. The number of benzene rings is 2. The predicted octanol–water partition coefficient (Wildman–Crippen LogP) is 4.61. The van der Waals surface area contributed by atoms with E-state index in [0.29, 0.717) is 4.47 Å². The molecule has 1 amide bonds. The Kier molecular flexibility index (Phi) is 5.55. The maximum atomic E-state index is 13.6. The van der Waals surface area contributed by atoms with Crippen LogP contribution in [0.3, 0.4) is 0 Å². The van der Waals surface area contributed by atoms with E-state index >= 15 is 0 Å². The van der Waals surface area contributed by atoms with E-state index in [2.05, 4.69) is 27.3 Å². The Labute approximate surface area is 137 Å². The molecule has 0 bridgehead atoms. The molecule has 22 heavy (non-hydrogen) atoms. The van der Waals surface area contributed by atoms with Crippen molar-refractivity contribution in [3.05, 3.63) is 57.8 Å². The largest absolute Gasteiger partial charge is 0.493 e. The van der Waals surface area contributed by atoms with E-state index in [1.54, 1.807) is 6.07 Å². The lowest BCUT2D eigenvalue weighted by atomic mass is 10.1. The zero-order chi connectivity index (χ0) is 16.1. The summed E-state index contributed by atoms with van der Waals surface area (Å²) in [5, 5.41) is 2.53. The van der Waals surface area contributed by atoms with Gasteiger partial charge in [-0.15, -0.1) is 0 Å².